The molecule has 4 nitrogen and oxygen atoms in total. The topological polar surface area (TPSA) is 52.6 Å². The van der Waals surface area contributed by atoms with Gasteiger partial charge in [0.15, 0.2) is 0 Å². The predicted molar refractivity (Wildman–Crippen MR) is 80.5 cm³/mol. The van der Waals surface area contributed by atoms with Crippen molar-refractivity contribution in [3.8, 4) is 0 Å². The van der Waals surface area contributed by atoms with Crippen LogP contribution >= 0.6 is 0 Å². The molecule has 0 bridgehead atoms. The molecular weight excluding hydrogens is 252 g/mol. The van der Waals surface area contributed by atoms with E-state index in [1.54, 1.807) is 0 Å². The number of nitrogens with zero attached hydrogens (tertiary/aromatic N) is 1. The number of likely N-dealkylation sites (tertiary alicyclic amines) is 1. The van der Waals surface area contributed by atoms with Gasteiger partial charge in [0, 0.05) is 31.7 Å². The number of hydrogen-bond donors (Lipinski definition) is 2. The molecule has 20 heavy (non-hydrogen) atoms. The monoisotopic (exact) mass is 282 g/mol. The Morgan fingerprint density at radius 3 is 2.55 bits per heavy atom. The lowest BCUT2D eigenvalue weighted by Crippen LogP contribution is -2.46. The van der Waals surface area contributed by atoms with Crippen LogP contribution in [0.2, 0.25) is 0 Å². The third-order valence-corrected chi connectivity index (χ3v) is 5.36. The molecular formula is C16H30N2O2. The molecule has 1 saturated heterocycles. The number of aliphatic hydroxyl groups excluding tert-OH is 1. The molecule has 1 aliphatic carbocycles. The summed E-state index contributed by atoms with van der Waals surface area (Å²) in [5, 5.41) is 12.3. The van der Waals surface area contributed by atoms with E-state index in [-0.39, 0.29) is 24.6 Å². The van der Waals surface area contributed by atoms with Gasteiger partial charge in [-0.05, 0) is 25.2 Å². The Labute approximate surface area is 122 Å². The van der Waals surface area contributed by atoms with E-state index in [2.05, 4.69) is 19.2 Å². The molecule has 2 rings (SSSR count). The van der Waals surface area contributed by atoms with E-state index in [0.717, 1.165) is 18.9 Å². The first-order valence-corrected chi connectivity index (χ1v) is 8.28. The number of carbonyl (C=O) groups is 1. The minimum atomic E-state index is 0.0520. The molecule has 0 aromatic rings. The van der Waals surface area contributed by atoms with Gasteiger partial charge in [0.1, 0.15) is 0 Å². The summed E-state index contributed by atoms with van der Waals surface area (Å²) >= 11 is 0. The molecule has 0 aromatic heterocycles. The summed E-state index contributed by atoms with van der Waals surface area (Å²) < 4.78 is 0. The van der Waals surface area contributed by atoms with Crippen molar-refractivity contribution in [1.29, 1.82) is 0 Å². The molecule has 3 unspecified atom stereocenters. The van der Waals surface area contributed by atoms with Crippen LogP contribution in [0.4, 0.5) is 4.79 Å². The first-order chi connectivity index (χ1) is 9.61. The maximum absolute atomic E-state index is 12.2. The van der Waals surface area contributed by atoms with Crippen molar-refractivity contribution in [2.45, 2.75) is 58.4 Å². The van der Waals surface area contributed by atoms with Crippen LogP contribution in [0.15, 0.2) is 0 Å². The standard InChI is InChI=1S/C16H30N2O2/c1-12(15-6-4-3-5-7-15)13(2)17-16(20)18-9-8-14(10-18)11-19/h12-15,19H,3-11H2,1-2H3,(H,17,20). The van der Waals surface area contributed by atoms with Gasteiger partial charge in [-0.15, -0.1) is 0 Å². The summed E-state index contributed by atoms with van der Waals surface area (Å²) in [5.74, 6) is 1.59. The summed E-state index contributed by atoms with van der Waals surface area (Å²) in [5.41, 5.74) is 0. The van der Waals surface area contributed by atoms with Gasteiger partial charge in [0.05, 0.1) is 0 Å². The largest absolute Gasteiger partial charge is 0.396 e. The van der Waals surface area contributed by atoms with E-state index < -0.39 is 0 Å². The Hall–Kier alpha value is -0.770. The highest BCUT2D eigenvalue weighted by Crippen LogP contribution is 2.31. The van der Waals surface area contributed by atoms with E-state index in [0.29, 0.717) is 12.5 Å². The fourth-order valence-electron chi connectivity index (χ4n) is 3.65. The lowest BCUT2D eigenvalue weighted by atomic mass is 9.78. The van der Waals surface area contributed by atoms with Gasteiger partial charge in [-0.25, -0.2) is 4.79 Å². The summed E-state index contributed by atoms with van der Waals surface area (Å²) in [7, 11) is 0. The SMILES string of the molecule is CC(NC(=O)N1CCC(CO)C1)C(C)C1CCCCC1. The molecule has 2 fully saturated rings. The second-order valence-corrected chi connectivity index (χ2v) is 6.78. The zero-order valence-electron chi connectivity index (χ0n) is 13.0. The third kappa shape index (κ3) is 3.87. The van der Waals surface area contributed by atoms with E-state index >= 15 is 0 Å². The average molecular weight is 282 g/mol. The Morgan fingerprint density at radius 1 is 1.25 bits per heavy atom. The summed E-state index contributed by atoms with van der Waals surface area (Å²) in [6.07, 6.45) is 7.63. The number of aliphatic hydroxyl groups is 1. The Balaban J connectivity index is 1.78. The minimum absolute atomic E-state index is 0.0520. The Kier molecular flexibility index (Phi) is 5.70. The normalized spacial score (nSPS) is 27.4. The van der Waals surface area contributed by atoms with Crippen molar-refractivity contribution in [3.63, 3.8) is 0 Å². The predicted octanol–water partition coefficient (Wildman–Crippen LogP) is 2.62. The molecule has 1 aliphatic heterocycles. The van der Waals surface area contributed by atoms with E-state index in [1.165, 1.54) is 32.1 Å². The molecule has 3 atom stereocenters. The number of carbonyl (C=O) groups excluding carboxylic acids is 1. The summed E-state index contributed by atoms with van der Waals surface area (Å²) in [4.78, 5) is 14.1. The van der Waals surface area contributed by atoms with Crippen molar-refractivity contribution in [3.05, 3.63) is 0 Å². The summed E-state index contributed by atoms with van der Waals surface area (Å²) in [6.45, 7) is 6.09. The molecule has 0 aromatic carbocycles. The molecule has 2 N–H and O–H groups in total. The number of rotatable bonds is 4. The molecule has 0 radical (unpaired) electrons. The van der Waals surface area contributed by atoms with Crippen molar-refractivity contribution in [2.24, 2.45) is 17.8 Å². The maximum Gasteiger partial charge on any atom is 0.317 e. The van der Waals surface area contributed by atoms with Crippen LogP contribution in [0.3, 0.4) is 0 Å². The van der Waals surface area contributed by atoms with Gasteiger partial charge in [0.2, 0.25) is 0 Å². The smallest absolute Gasteiger partial charge is 0.317 e. The number of amides is 2. The van der Waals surface area contributed by atoms with Gasteiger partial charge in [-0.3, -0.25) is 0 Å². The maximum atomic E-state index is 12.2. The first-order valence-electron chi connectivity index (χ1n) is 8.28. The number of urea groups is 1. The van der Waals surface area contributed by atoms with Crippen LogP contribution in [0, 0.1) is 17.8 Å². The zero-order valence-corrected chi connectivity index (χ0v) is 13.0. The van der Waals surface area contributed by atoms with E-state index in [9.17, 15) is 4.79 Å². The fourth-order valence-corrected chi connectivity index (χ4v) is 3.65. The molecule has 0 spiro atoms. The van der Waals surface area contributed by atoms with Gasteiger partial charge in [-0.2, -0.15) is 0 Å². The first kappa shape index (κ1) is 15.6. The van der Waals surface area contributed by atoms with Crippen molar-refractivity contribution in [2.75, 3.05) is 19.7 Å². The van der Waals surface area contributed by atoms with Crippen LogP contribution in [0.1, 0.15) is 52.4 Å². The minimum Gasteiger partial charge on any atom is -0.396 e. The van der Waals surface area contributed by atoms with Gasteiger partial charge < -0.3 is 15.3 Å². The molecule has 116 valence electrons. The lowest BCUT2D eigenvalue weighted by Gasteiger charge is -2.33. The fraction of sp³-hybridized carbons (Fsp3) is 0.938. The number of hydrogen-bond acceptors (Lipinski definition) is 2. The van der Waals surface area contributed by atoms with Crippen molar-refractivity contribution in [1.82, 2.24) is 10.2 Å². The van der Waals surface area contributed by atoms with Crippen LogP contribution in [0.25, 0.3) is 0 Å². The quantitative estimate of drug-likeness (QED) is 0.833. The second kappa shape index (κ2) is 7.30. The van der Waals surface area contributed by atoms with Crippen molar-refractivity contribution < 1.29 is 9.90 Å². The average Bonchev–Trinajstić information content (AvgIpc) is 2.96. The van der Waals surface area contributed by atoms with Gasteiger partial charge in [-0.1, -0.05) is 39.0 Å². The van der Waals surface area contributed by atoms with Crippen LogP contribution in [-0.2, 0) is 0 Å². The summed E-state index contributed by atoms with van der Waals surface area (Å²) in [6, 6.07) is 0.287. The highest BCUT2D eigenvalue weighted by molar-refractivity contribution is 5.74. The van der Waals surface area contributed by atoms with E-state index in [4.69, 9.17) is 5.11 Å². The van der Waals surface area contributed by atoms with Crippen LogP contribution in [-0.4, -0.2) is 41.8 Å². The molecule has 4 heteroatoms. The van der Waals surface area contributed by atoms with Crippen LogP contribution < -0.4 is 5.32 Å². The van der Waals surface area contributed by atoms with E-state index in [1.807, 2.05) is 4.90 Å². The van der Waals surface area contributed by atoms with Crippen LogP contribution in [0.5, 0.6) is 0 Å². The highest BCUT2D eigenvalue weighted by Gasteiger charge is 2.29. The lowest BCUT2D eigenvalue weighted by molar-refractivity contribution is 0.179. The van der Waals surface area contributed by atoms with Crippen molar-refractivity contribution >= 4 is 6.03 Å². The van der Waals surface area contributed by atoms with Gasteiger partial charge >= 0.3 is 6.03 Å². The number of nitrogens with one attached hydrogen (secondary N) is 1. The Morgan fingerprint density at radius 2 is 1.95 bits per heavy atom. The molecule has 1 saturated carbocycles. The second-order valence-electron chi connectivity index (χ2n) is 6.78. The molecule has 2 amide bonds. The zero-order chi connectivity index (χ0) is 14.5. The third-order valence-electron chi connectivity index (χ3n) is 5.36. The highest BCUT2D eigenvalue weighted by atomic mass is 16.3. The Bertz CT molecular complexity index is 316. The van der Waals surface area contributed by atoms with Gasteiger partial charge in [0.25, 0.3) is 0 Å². The molecule has 2 aliphatic rings. The molecule has 1 heterocycles.